The van der Waals surface area contributed by atoms with Crippen molar-refractivity contribution in [2.24, 2.45) is 0 Å². The van der Waals surface area contributed by atoms with Crippen molar-refractivity contribution in [3.8, 4) is 0 Å². The van der Waals surface area contributed by atoms with Gasteiger partial charge >= 0.3 is 0 Å². The van der Waals surface area contributed by atoms with Crippen molar-refractivity contribution < 1.29 is 14.6 Å². The summed E-state index contributed by atoms with van der Waals surface area (Å²) in [7, 11) is 5.63. The number of alkyl halides is 1. The van der Waals surface area contributed by atoms with E-state index in [1.807, 2.05) is 21.1 Å². The lowest BCUT2D eigenvalue weighted by molar-refractivity contribution is -1.06. The summed E-state index contributed by atoms with van der Waals surface area (Å²) in [4.78, 5) is 5.19. The third-order valence-corrected chi connectivity index (χ3v) is 1.19. The Labute approximate surface area is 66.7 Å². The van der Waals surface area contributed by atoms with E-state index in [-0.39, 0.29) is 12.5 Å². The molecule has 0 rings (SSSR count). The standard InChI is InChI=1S/C6H15ClNO2/c1-8(2,3)10-5-6(9)4-7/h6,9H,4-5H2,1-3H3/q+1. The number of quaternary nitrogens is 1. The number of aliphatic hydroxyl groups is 1. The van der Waals surface area contributed by atoms with E-state index < -0.39 is 6.10 Å². The molecule has 0 spiro atoms. The topological polar surface area (TPSA) is 29.5 Å². The van der Waals surface area contributed by atoms with Gasteiger partial charge in [-0.3, -0.25) is 0 Å². The maximum atomic E-state index is 8.95. The number of hydrogen-bond donors (Lipinski definition) is 1. The van der Waals surface area contributed by atoms with Gasteiger partial charge in [0, 0.05) is 0 Å². The van der Waals surface area contributed by atoms with Gasteiger partial charge in [-0.2, -0.15) is 4.65 Å². The van der Waals surface area contributed by atoms with E-state index in [4.69, 9.17) is 21.5 Å². The number of halogens is 1. The first-order chi connectivity index (χ1) is 4.45. The van der Waals surface area contributed by atoms with Gasteiger partial charge in [-0.15, -0.1) is 11.6 Å². The summed E-state index contributed by atoms with van der Waals surface area (Å²) in [5.41, 5.74) is 0. The smallest absolute Gasteiger partial charge is 0.133 e. The lowest BCUT2D eigenvalue weighted by Crippen LogP contribution is -2.37. The van der Waals surface area contributed by atoms with Crippen molar-refractivity contribution in [3.63, 3.8) is 0 Å². The van der Waals surface area contributed by atoms with Crippen molar-refractivity contribution in [2.75, 3.05) is 33.6 Å². The number of nitrogens with zero attached hydrogens (tertiary/aromatic N) is 1. The second-order valence-electron chi connectivity index (χ2n) is 2.99. The highest BCUT2D eigenvalue weighted by Gasteiger charge is 2.11. The summed E-state index contributed by atoms with van der Waals surface area (Å²) < 4.78 is 0.383. The highest BCUT2D eigenvalue weighted by molar-refractivity contribution is 6.18. The molecule has 1 N–H and O–H groups in total. The van der Waals surface area contributed by atoms with Gasteiger partial charge in [0.2, 0.25) is 0 Å². The molecule has 0 bridgehead atoms. The Balaban J connectivity index is 3.36. The van der Waals surface area contributed by atoms with Crippen LogP contribution in [-0.4, -0.2) is 49.5 Å². The van der Waals surface area contributed by atoms with Gasteiger partial charge in [0.1, 0.15) is 6.61 Å². The Hall–Kier alpha value is 0.170. The Morgan fingerprint density at radius 2 is 2.00 bits per heavy atom. The second kappa shape index (κ2) is 4.13. The highest BCUT2D eigenvalue weighted by Crippen LogP contribution is 1.95. The van der Waals surface area contributed by atoms with Crippen LogP contribution < -0.4 is 0 Å². The zero-order chi connectivity index (χ0) is 8.20. The van der Waals surface area contributed by atoms with E-state index in [9.17, 15) is 0 Å². The van der Waals surface area contributed by atoms with Crippen molar-refractivity contribution in [1.29, 1.82) is 0 Å². The van der Waals surface area contributed by atoms with Crippen LogP contribution >= 0.6 is 11.6 Å². The lowest BCUT2D eigenvalue weighted by Gasteiger charge is -2.22. The van der Waals surface area contributed by atoms with E-state index in [1.165, 1.54) is 0 Å². The fourth-order valence-electron chi connectivity index (χ4n) is 0.354. The summed E-state index contributed by atoms with van der Waals surface area (Å²) in [6, 6.07) is 0. The third kappa shape index (κ3) is 6.29. The summed E-state index contributed by atoms with van der Waals surface area (Å²) in [6.45, 7) is 0.285. The van der Waals surface area contributed by atoms with Gasteiger partial charge in [0.15, 0.2) is 0 Å². The Morgan fingerprint density at radius 3 is 2.30 bits per heavy atom. The number of hydrogen-bond acceptors (Lipinski definition) is 2. The molecule has 0 fully saturated rings. The molecule has 0 heterocycles. The molecule has 4 heteroatoms. The predicted molar refractivity (Wildman–Crippen MR) is 40.7 cm³/mol. The van der Waals surface area contributed by atoms with E-state index >= 15 is 0 Å². The molecule has 1 atom stereocenters. The monoisotopic (exact) mass is 168 g/mol. The molecule has 0 saturated carbocycles. The minimum Gasteiger partial charge on any atom is -0.389 e. The van der Waals surface area contributed by atoms with Crippen LogP contribution in [0.25, 0.3) is 0 Å². The molecule has 0 aromatic carbocycles. The zero-order valence-corrected chi connectivity index (χ0v) is 7.43. The summed E-state index contributed by atoms with van der Waals surface area (Å²) in [6.07, 6.45) is -0.556. The van der Waals surface area contributed by atoms with Crippen molar-refractivity contribution in [1.82, 2.24) is 0 Å². The molecule has 0 amide bonds. The van der Waals surface area contributed by atoms with Crippen molar-refractivity contribution >= 4 is 11.6 Å². The fraction of sp³-hybridized carbons (Fsp3) is 1.00. The molecule has 62 valence electrons. The molecule has 10 heavy (non-hydrogen) atoms. The highest BCUT2D eigenvalue weighted by atomic mass is 35.5. The fourth-order valence-corrected chi connectivity index (χ4v) is 0.443. The predicted octanol–water partition coefficient (Wildman–Crippen LogP) is 0.224. The minimum absolute atomic E-state index is 0.222. The number of rotatable bonds is 4. The Kier molecular flexibility index (Phi) is 4.20. The van der Waals surface area contributed by atoms with Crippen LogP contribution in [0.15, 0.2) is 0 Å². The summed E-state index contributed by atoms with van der Waals surface area (Å²) in [5, 5.41) is 8.95. The van der Waals surface area contributed by atoms with E-state index in [1.54, 1.807) is 0 Å². The first kappa shape index (κ1) is 10.2. The number of hydroxylamine groups is 3. The number of aliphatic hydroxyl groups excluding tert-OH is 1. The van der Waals surface area contributed by atoms with E-state index in [0.717, 1.165) is 0 Å². The lowest BCUT2D eigenvalue weighted by atomic mass is 10.4. The van der Waals surface area contributed by atoms with E-state index in [0.29, 0.717) is 4.65 Å². The first-order valence-electron chi connectivity index (χ1n) is 3.15. The quantitative estimate of drug-likeness (QED) is 0.370. The normalized spacial score (nSPS) is 15.3. The first-order valence-corrected chi connectivity index (χ1v) is 3.69. The largest absolute Gasteiger partial charge is 0.389 e. The molecule has 0 aliphatic heterocycles. The Bertz CT molecular complexity index is 92.2. The Morgan fingerprint density at radius 1 is 1.50 bits per heavy atom. The molecule has 3 nitrogen and oxygen atoms in total. The average molecular weight is 169 g/mol. The molecular formula is C6H15ClNO2+. The molecule has 0 aromatic heterocycles. The molecule has 0 aliphatic carbocycles. The second-order valence-corrected chi connectivity index (χ2v) is 3.30. The van der Waals surface area contributed by atoms with Gasteiger partial charge in [0.05, 0.1) is 33.1 Å². The average Bonchev–Trinajstić information content (AvgIpc) is 1.81. The van der Waals surface area contributed by atoms with Gasteiger partial charge in [-0.25, -0.2) is 4.84 Å². The molecule has 1 unspecified atom stereocenters. The van der Waals surface area contributed by atoms with Crippen LogP contribution in [0, 0.1) is 0 Å². The van der Waals surface area contributed by atoms with Crippen LogP contribution in [-0.2, 0) is 4.84 Å². The SMILES string of the molecule is C[N+](C)(C)OCC(O)CCl. The van der Waals surface area contributed by atoms with Crippen molar-refractivity contribution in [2.45, 2.75) is 6.10 Å². The maximum Gasteiger partial charge on any atom is 0.133 e. The molecule has 0 aliphatic rings. The van der Waals surface area contributed by atoms with Crippen LogP contribution in [0.1, 0.15) is 0 Å². The third-order valence-electron chi connectivity index (χ3n) is 0.832. The molecular weight excluding hydrogens is 154 g/mol. The maximum absolute atomic E-state index is 8.95. The van der Waals surface area contributed by atoms with Gasteiger partial charge in [-0.05, 0) is 0 Å². The van der Waals surface area contributed by atoms with Gasteiger partial charge in [0.25, 0.3) is 0 Å². The van der Waals surface area contributed by atoms with Crippen LogP contribution in [0.2, 0.25) is 0 Å². The summed E-state index contributed by atoms with van der Waals surface area (Å²) >= 11 is 5.34. The van der Waals surface area contributed by atoms with Crippen LogP contribution in [0.4, 0.5) is 0 Å². The van der Waals surface area contributed by atoms with Gasteiger partial charge in [-0.1, -0.05) is 0 Å². The minimum atomic E-state index is -0.556. The van der Waals surface area contributed by atoms with Crippen molar-refractivity contribution in [3.05, 3.63) is 0 Å². The molecule has 0 radical (unpaired) electrons. The molecule has 0 aromatic rings. The van der Waals surface area contributed by atoms with Crippen LogP contribution in [0.3, 0.4) is 0 Å². The summed E-state index contributed by atoms with van der Waals surface area (Å²) in [5.74, 6) is 0.222. The zero-order valence-electron chi connectivity index (χ0n) is 6.67. The van der Waals surface area contributed by atoms with Crippen LogP contribution in [0.5, 0.6) is 0 Å². The van der Waals surface area contributed by atoms with E-state index in [2.05, 4.69) is 0 Å². The van der Waals surface area contributed by atoms with Gasteiger partial charge < -0.3 is 5.11 Å². The molecule has 0 saturated heterocycles.